The van der Waals surface area contributed by atoms with Crippen LogP contribution in [0.5, 0.6) is 0 Å². The average Bonchev–Trinajstić information content (AvgIpc) is 2.65. The number of nitrogens with one attached hydrogen (secondary N) is 3. The standard InChI is InChI=1S/C18H30N4O3/c1-4-20-18(21-10-5-11-25-13-12-24-3)22-14-15-6-8-16(9-7-15)17(23)19-2/h6-9H,4-5,10-14H2,1-3H3,(H,19,23)(H2,20,21,22). The molecule has 0 radical (unpaired) electrons. The fourth-order valence-corrected chi connectivity index (χ4v) is 2.04. The van der Waals surface area contributed by atoms with Crippen LogP contribution in [0.1, 0.15) is 29.3 Å². The minimum atomic E-state index is -0.0854. The number of ether oxygens (including phenoxy) is 2. The Morgan fingerprint density at radius 3 is 2.52 bits per heavy atom. The molecule has 0 saturated heterocycles. The van der Waals surface area contributed by atoms with Gasteiger partial charge in [-0.1, -0.05) is 12.1 Å². The van der Waals surface area contributed by atoms with Crippen molar-refractivity contribution in [1.29, 1.82) is 0 Å². The van der Waals surface area contributed by atoms with Crippen LogP contribution in [0.3, 0.4) is 0 Å². The Kier molecular flexibility index (Phi) is 11.0. The minimum Gasteiger partial charge on any atom is -0.382 e. The molecule has 0 aliphatic heterocycles. The molecule has 0 heterocycles. The third-order valence-electron chi connectivity index (χ3n) is 3.40. The first kappa shape index (κ1) is 20.9. The molecule has 7 nitrogen and oxygen atoms in total. The molecule has 3 N–H and O–H groups in total. The molecule has 1 rings (SSSR count). The zero-order valence-corrected chi connectivity index (χ0v) is 15.4. The van der Waals surface area contributed by atoms with E-state index in [9.17, 15) is 4.79 Å². The van der Waals surface area contributed by atoms with Crippen molar-refractivity contribution in [3.05, 3.63) is 35.4 Å². The van der Waals surface area contributed by atoms with Gasteiger partial charge in [-0.3, -0.25) is 4.79 Å². The normalized spacial score (nSPS) is 11.2. The van der Waals surface area contributed by atoms with Crippen LogP contribution in [0.4, 0.5) is 0 Å². The Morgan fingerprint density at radius 2 is 1.88 bits per heavy atom. The van der Waals surface area contributed by atoms with Crippen LogP contribution < -0.4 is 16.0 Å². The van der Waals surface area contributed by atoms with Crippen molar-refractivity contribution in [2.24, 2.45) is 4.99 Å². The molecule has 7 heteroatoms. The van der Waals surface area contributed by atoms with Crippen molar-refractivity contribution >= 4 is 11.9 Å². The summed E-state index contributed by atoms with van der Waals surface area (Å²) in [6.07, 6.45) is 0.898. The Balaban J connectivity index is 2.40. The number of hydrogen-bond donors (Lipinski definition) is 3. The molecule has 0 aliphatic carbocycles. The van der Waals surface area contributed by atoms with Crippen LogP contribution >= 0.6 is 0 Å². The van der Waals surface area contributed by atoms with Gasteiger partial charge in [-0.15, -0.1) is 0 Å². The Labute approximate surface area is 150 Å². The number of methoxy groups -OCH3 is 1. The van der Waals surface area contributed by atoms with E-state index in [2.05, 4.69) is 20.9 Å². The van der Waals surface area contributed by atoms with Crippen molar-refractivity contribution in [2.75, 3.05) is 47.1 Å². The first-order chi connectivity index (χ1) is 12.2. The quantitative estimate of drug-likeness (QED) is 0.317. The van der Waals surface area contributed by atoms with Gasteiger partial charge in [-0.25, -0.2) is 4.99 Å². The van der Waals surface area contributed by atoms with Crippen molar-refractivity contribution in [1.82, 2.24) is 16.0 Å². The lowest BCUT2D eigenvalue weighted by atomic mass is 10.1. The molecule has 0 unspecified atom stereocenters. The summed E-state index contributed by atoms with van der Waals surface area (Å²) >= 11 is 0. The topological polar surface area (TPSA) is 84.0 Å². The van der Waals surface area contributed by atoms with E-state index in [-0.39, 0.29) is 5.91 Å². The maximum atomic E-state index is 11.5. The van der Waals surface area contributed by atoms with E-state index in [4.69, 9.17) is 9.47 Å². The third-order valence-corrected chi connectivity index (χ3v) is 3.40. The molecule has 0 bridgehead atoms. The van der Waals surface area contributed by atoms with Crippen LogP contribution in [-0.2, 0) is 16.0 Å². The average molecular weight is 350 g/mol. The summed E-state index contributed by atoms with van der Waals surface area (Å²) in [6, 6.07) is 7.45. The number of benzene rings is 1. The van der Waals surface area contributed by atoms with E-state index >= 15 is 0 Å². The summed E-state index contributed by atoms with van der Waals surface area (Å²) < 4.78 is 10.4. The summed E-state index contributed by atoms with van der Waals surface area (Å²) in [7, 11) is 3.29. The molecule has 140 valence electrons. The summed E-state index contributed by atoms with van der Waals surface area (Å²) in [5.41, 5.74) is 1.70. The molecular formula is C18H30N4O3. The maximum Gasteiger partial charge on any atom is 0.251 e. The van der Waals surface area contributed by atoms with Crippen LogP contribution in [0.2, 0.25) is 0 Å². The summed E-state index contributed by atoms with van der Waals surface area (Å²) in [4.78, 5) is 16.1. The van der Waals surface area contributed by atoms with Gasteiger partial charge in [-0.2, -0.15) is 0 Å². The van der Waals surface area contributed by atoms with Gasteiger partial charge in [0.25, 0.3) is 5.91 Å². The lowest BCUT2D eigenvalue weighted by Crippen LogP contribution is -2.38. The summed E-state index contributed by atoms with van der Waals surface area (Å²) in [5.74, 6) is 0.688. The van der Waals surface area contributed by atoms with Crippen molar-refractivity contribution in [3.8, 4) is 0 Å². The largest absolute Gasteiger partial charge is 0.382 e. The van der Waals surface area contributed by atoms with E-state index < -0.39 is 0 Å². The molecule has 1 aromatic rings. The lowest BCUT2D eigenvalue weighted by molar-refractivity contribution is 0.0698. The highest BCUT2D eigenvalue weighted by Crippen LogP contribution is 2.05. The number of nitrogens with zero attached hydrogens (tertiary/aromatic N) is 1. The maximum absolute atomic E-state index is 11.5. The molecule has 0 aliphatic rings. The van der Waals surface area contributed by atoms with E-state index in [1.165, 1.54) is 0 Å². The molecule has 0 atom stereocenters. The van der Waals surface area contributed by atoms with Crippen molar-refractivity contribution in [2.45, 2.75) is 19.9 Å². The van der Waals surface area contributed by atoms with Crippen molar-refractivity contribution < 1.29 is 14.3 Å². The molecule has 0 fully saturated rings. The smallest absolute Gasteiger partial charge is 0.251 e. The van der Waals surface area contributed by atoms with Crippen LogP contribution in [0.15, 0.2) is 29.3 Å². The fraction of sp³-hybridized carbons (Fsp3) is 0.556. The fourth-order valence-electron chi connectivity index (χ4n) is 2.04. The van der Waals surface area contributed by atoms with Gasteiger partial charge in [0.15, 0.2) is 5.96 Å². The predicted molar refractivity (Wildman–Crippen MR) is 100.0 cm³/mol. The first-order valence-corrected chi connectivity index (χ1v) is 8.61. The van der Waals surface area contributed by atoms with Gasteiger partial charge in [0.1, 0.15) is 0 Å². The second-order valence-corrected chi connectivity index (χ2v) is 5.36. The third kappa shape index (κ3) is 9.07. The van der Waals surface area contributed by atoms with E-state index in [0.29, 0.717) is 31.9 Å². The molecule has 25 heavy (non-hydrogen) atoms. The van der Waals surface area contributed by atoms with Gasteiger partial charge in [0, 0.05) is 39.4 Å². The zero-order valence-electron chi connectivity index (χ0n) is 15.4. The molecule has 0 aromatic heterocycles. The summed E-state index contributed by atoms with van der Waals surface area (Å²) in [5, 5.41) is 9.11. The van der Waals surface area contributed by atoms with Gasteiger partial charge in [-0.05, 0) is 31.0 Å². The minimum absolute atomic E-state index is 0.0854. The van der Waals surface area contributed by atoms with Gasteiger partial charge in [0.2, 0.25) is 0 Å². The molecule has 0 saturated carbocycles. The number of amides is 1. The predicted octanol–water partition coefficient (Wildman–Crippen LogP) is 1.15. The second kappa shape index (κ2) is 13.2. The van der Waals surface area contributed by atoms with E-state index in [1.807, 2.05) is 19.1 Å². The van der Waals surface area contributed by atoms with Gasteiger partial charge >= 0.3 is 0 Å². The van der Waals surface area contributed by atoms with Gasteiger partial charge in [0.05, 0.1) is 19.8 Å². The Hall–Kier alpha value is -2.12. The molecular weight excluding hydrogens is 320 g/mol. The number of guanidine groups is 1. The second-order valence-electron chi connectivity index (χ2n) is 5.36. The number of rotatable bonds is 11. The van der Waals surface area contributed by atoms with Crippen LogP contribution in [0, 0.1) is 0 Å². The van der Waals surface area contributed by atoms with Crippen molar-refractivity contribution in [3.63, 3.8) is 0 Å². The Bertz CT molecular complexity index is 518. The lowest BCUT2D eigenvalue weighted by Gasteiger charge is -2.11. The van der Waals surface area contributed by atoms with Gasteiger partial charge < -0.3 is 25.4 Å². The SMILES string of the molecule is CCNC(=NCc1ccc(C(=O)NC)cc1)NCCCOCCOC. The monoisotopic (exact) mass is 350 g/mol. The van der Waals surface area contributed by atoms with Crippen LogP contribution in [0.25, 0.3) is 0 Å². The van der Waals surface area contributed by atoms with E-state index in [0.717, 1.165) is 31.0 Å². The molecule has 1 aromatic carbocycles. The van der Waals surface area contributed by atoms with Crippen LogP contribution in [-0.4, -0.2) is 58.9 Å². The highest BCUT2D eigenvalue weighted by molar-refractivity contribution is 5.93. The number of carbonyl (C=O) groups is 1. The highest BCUT2D eigenvalue weighted by Gasteiger charge is 2.02. The van der Waals surface area contributed by atoms with E-state index in [1.54, 1.807) is 26.3 Å². The molecule has 1 amide bonds. The number of carbonyl (C=O) groups excluding carboxylic acids is 1. The number of aliphatic imine (C=N–C) groups is 1. The first-order valence-electron chi connectivity index (χ1n) is 8.61. The summed E-state index contributed by atoms with van der Waals surface area (Å²) in [6.45, 7) is 6.10. The highest BCUT2D eigenvalue weighted by atomic mass is 16.5. The Morgan fingerprint density at radius 1 is 1.12 bits per heavy atom. The molecule has 0 spiro atoms. The zero-order chi connectivity index (χ0) is 18.3. The number of hydrogen-bond acceptors (Lipinski definition) is 4.